The van der Waals surface area contributed by atoms with Crippen LogP contribution in [0.15, 0.2) is 24.3 Å². The van der Waals surface area contributed by atoms with Gasteiger partial charge in [0.05, 0.1) is 23.5 Å². The van der Waals surface area contributed by atoms with Crippen molar-refractivity contribution in [3.8, 4) is 6.07 Å². The Labute approximate surface area is 126 Å². The predicted molar refractivity (Wildman–Crippen MR) is 79.9 cm³/mol. The average molecular weight is 308 g/mol. The van der Waals surface area contributed by atoms with Gasteiger partial charge in [0.1, 0.15) is 0 Å². The highest BCUT2D eigenvalue weighted by Crippen LogP contribution is 2.23. The van der Waals surface area contributed by atoms with Gasteiger partial charge in [0.25, 0.3) is 0 Å². The minimum Gasteiger partial charge on any atom is -0.378 e. The zero-order valence-electron chi connectivity index (χ0n) is 12.1. The molecule has 2 unspecified atom stereocenters. The van der Waals surface area contributed by atoms with Gasteiger partial charge in [0.15, 0.2) is 0 Å². The van der Waals surface area contributed by atoms with Crippen molar-refractivity contribution in [2.45, 2.75) is 31.6 Å². The van der Waals surface area contributed by atoms with Crippen LogP contribution >= 0.6 is 0 Å². The van der Waals surface area contributed by atoms with Crippen molar-refractivity contribution in [3.63, 3.8) is 0 Å². The van der Waals surface area contributed by atoms with Gasteiger partial charge in [-0.05, 0) is 24.5 Å². The third kappa shape index (κ3) is 4.27. The van der Waals surface area contributed by atoms with Crippen LogP contribution in [0.25, 0.3) is 0 Å². The Balaban J connectivity index is 1.98. The number of ether oxygens (including phenoxy) is 1. The molecule has 0 aliphatic carbocycles. The van der Waals surface area contributed by atoms with Crippen LogP contribution < -0.4 is 4.72 Å². The van der Waals surface area contributed by atoms with Crippen molar-refractivity contribution < 1.29 is 13.2 Å². The Hall–Kier alpha value is -1.42. The van der Waals surface area contributed by atoms with E-state index in [1.165, 1.54) is 0 Å². The summed E-state index contributed by atoms with van der Waals surface area (Å²) in [5.41, 5.74) is 0.931. The molecular formula is C15H20N2O3S. The van der Waals surface area contributed by atoms with Gasteiger partial charge < -0.3 is 4.74 Å². The zero-order valence-corrected chi connectivity index (χ0v) is 12.9. The fraction of sp³-hybridized carbons (Fsp3) is 0.533. The zero-order chi connectivity index (χ0) is 15.3. The number of nitriles is 1. The lowest BCUT2D eigenvalue weighted by atomic mass is 10.0. The quantitative estimate of drug-likeness (QED) is 0.869. The molecule has 1 saturated heterocycles. The van der Waals surface area contributed by atoms with Crippen molar-refractivity contribution in [3.05, 3.63) is 35.4 Å². The molecule has 21 heavy (non-hydrogen) atoms. The van der Waals surface area contributed by atoms with Crippen molar-refractivity contribution in [1.82, 2.24) is 4.72 Å². The Bertz CT molecular complexity index is 622. The summed E-state index contributed by atoms with van der Waals surface area (Å²) in [5.74, 6) is 0.0668. The summed E-state index contributed by atoms with van der Waals surface area (Å²) in [7, 11) is -3.44. The minimum atomic E-state index is -3.44. The molecule has 0 saturated carbocycles. The van der Waals surface area contributed by atoms with Crippen LogP contribution in [0.2, 0.25) is 0 Å². The van der Waals surface area contributed by atoms with Gasteiger partial charge in [-0.3, -0.25) is 0 Å². The van der Waals surface area contributed by atoms with Crippen molar-refractivity contribution >= 4 is 10.0 Å². The van der Waals surface area contributed by atoms with E-state index in [0.717, 1.165) is 12.8 Å². The van der Waals surface area contributed by atoms with E-state index in [0.29, 0.717) is 24.3 Å². The number of nitrogens with one attached hydrogen (secondary N) is 1. The molecule has 6 heteroatoms. The average Bonchev–Trinajstić information content (AvgIpc) is 2.93. The highest BCUT2D eigenvalue weighted by molar-refractivity contribution is 7.88. The number of benzene rings is 1. The molecule has 1 aliphatic heterocycles. The molecule has 1 aromatic rings. The summed E-state index contributed by atoms with van der Waals surface area (Å²) in [6.07, 6.45) is 1.92. The van der Waals surface area contributed by atoms with Gasteiger partial charge >= 0.3 is 0 Å². The molecular weight excluding hydrogens is 288 g/mol. The van der Waals surface area contributed by atoms with E-state index >= 15 is 0 Å². The van der Waals surface area contributed by atoms with E-state index in [4.69, 9.17) is 10.00 Å². The smallest absolute Gasteiger partial charge is 0.215 e. The second-order valence-electron chi connectivity index (χ2n) is 5.24. The molecule has 0 amide bonds. The second-order valence-corrected chi connectivity index (χ2v) is 7.05. The monoisotopic (exact) mass is 308 g/mol. The molecule has 0 spiro atoms. The molecule has 1 heterocycles. The van der Waals surface area contributed by atoms with Crippen LogP contribution in [-0.4, -0.2) is 27.7 Å². The van der Waals surface area contributed by atoms with E-state index in [9.17, 15) is 8.42 Å². The Morgan fingerprint density at radius 2 is 2.19 bits per heavy atom. The summed E-state index contributed by atoms with van der Waals surface area (Å²) in [5, 5.41) is 9.00. The van der Waals surface area contributed by atoms with E-state index < -0.39 is 10.0 Å². The maximum atomic E-state index is 12.2. The first kappa shape index (κ1) is 16.0. The third-order valence-electron chi connectivity index (χ3n) is 3.80. The van der Waals surface area contributed by atoms with Gasteiger partial charge in [-0.15, -0.1) is 0 Å². The first-order chi connectivity index (χ1) is 10.1. The lowest BCUT2D eigenvalue weighted by molar-refractivity contribution is 0.0884. The number of hydrogen-bond acceptors (Lipinski definition) is 4. The standard InChI is InChI=1S/C15H20N2O3S/c1-2-15-13(7-8-20-15)10-17-21(18,19)11-14-6-4-3-5-12(14)9-16/h3-6,13,15,17H,2,7-8,10-11H2,1H3. The van der Waals surface area contributed by atoms with Gasteiger partial charge in [0, 0.05) is 19.1 Å². The van der Waals surface area contributed by atoms with Crippen LogP contribution in [0.1, 0.15) is 30.9 Å². The van der Waals surface area contributed by atoms with Crippen LogP contribution in [-0.2, 0) is 20.5 Å². The maximum absolute atomic E-state index is 12.2. The molecule has 1 aromatic carbocycles. The van der Waals surface area contributed by atoms with Crippen LogP contribution in [0.5, 0.6) is 0 Å². The molecule has 114 valence electrons. The van der Waals surface area contributed by atoms with Crippen molar-refractivity contribution in [1.29, 1.82) is 5.26 Å². The molecule has 0 bridgehead atoms. The summed E-state index contributed by atoms with van der Waals surface area (Å²) >= 11 is 0. The fourth-order valence-corrected chi connectivity index (χ4v) is 3.85. The van der Waals surface area contributed by atoms with E-state index in [-0.39, 0.29) is 17.8 Å². The lowest BCUT2D eigenvalue weighted by Crippen LogP contribution is -2.33. The van der Waals surface area contributed by atoms with Gasteiger partial charge in [0.2, 0.25) is 10.0 Å². The maximum Gasteiger partial charge on any atom is 0.215 e. The molecule has 1 fully saturated rings. The first-order valence-electron chi connectivity index (χ1n) is 7.12. The number of hydrogen-bond donors (Lipinski definition) is 1. The third-order valence-corrected chi connectivity index (χ3v) is 5.10. The van der Waals surface area contributed by atoms with Crippen LogP contribution in [0.3, 0.4) is 0 Å². The summed E-state index contributed by atoms with van der Waals surface area (Å²) in [6.45, 7) is 3.14. The predicted octanol–water partition coefficient (Wildman–Crippen LogP) is 1.79. The number of nitrogens with zero attached hydrogens (tertiary/aromatic N) is 1. The summed E-state index contributed by atoms with van der Waals surface area (Å²) < 4.78 is 32.5. The van der Waals surface area contributed by atoms with E-state index in [2.05, 4.69) is 4.72 Å². The highest BCUT2D eigenvalue weighted by Gasteiger charge is 2.27. The normalized spacial score (nSPS) is 22.1. The Morgan fingerprint density at radius 3 is 2.90 bits per heavy atom. The minimum absolute atomic E-state index is 0.138. The summed E-state index contributed by atoms with van der Waals surface area (Å²) in [6, 6.07) is 8.78. The molecule has 2 atom stereocenters. The number of sulfonamides is 1. The van der Waals surface area contributed by atoms with Crippen LogP contribution in [0, 0.1) is 17.2 Å². The molecule has 0 radical (unpaired) electrons. The Kier molecular flexibility index (Phi) is 5.34. The van der Waals surface area contributed by atoms with Gasteiger partial charge in [-0.2, -0.15) is 5.26 Å². The van der Waals surface area contributed by atoms with Gasteiger partial charge in [-0.1, -0.05) is 25.1 Å². The van der Waals surface area contributed by atoms with Gasteiger partial charge in [-0.25, -0.2) is 13.1 Å². The molecule has 5 nitrogen and oxygen atoms in total. The lowest BCUT2D eigenvalue weighted by Gasteiger charge is -2.17. The molecule has 1 aliphatic rings. The van der Waals surface area contributed by atoms with Crippen molar-refractivity contribution in [2.75, 3.05) is 13.2 Å². The van der Waals surface area contributed by atoms with Crippen LogP contribution in [0.4, 0.5) is 0 Å². The van der Waals surface area contributed by atoms with Crippen molar-refractivity contribution in [2.24, 2.45) is 5.92 Å². The highest BCUT2D eigenvalue weighted by atomic mass is 32.2. The summed E-state index contributed by atoms with van der Waals surface area (Å²) in [4.78, 5) is 0. The largest absolute Gasteiger partial charge is 0.378 e. The van der Waals surface area contributed by atoms with E-state index in [1.54, 1.807) is 24.3 Å². The molecule has 1 N–H and O–H groups in total. The molecule has 2 rings (SSSR count). The topological polar surface area (TPSA) is 79.2 Å². The first-order valence-corrected chi connectivity index (χ1v) is 8.78. The Morgan fingerprint density at radius 1 is 1.43 bits per heavy atom. The molecule has 0 aromatic heterocycles. The second kappa shape index (κ2) is 7.03. The van der Waals surface area contributed by atoms with E-state index in [1.807, 2.05) is 13.0 Å². The fourth-order valence-electron chi connectivity index (χ4n) is 2.62. The SMILES string of the molecule is CCC1OCCC1CNS(=O)(=O)Cc1ccccc1C#N. The number of rotatable bonds is 6.